The minimum Gasteiger partial charge on any atom is -0.494 e. The van der Waals surface area contributed by atoms with E-state index in [2.05, 4.69) is 79.1 Å². The van der Waals surface area contributed by atoms with Gasteiger partial charge in [0.2, 0.25) is 5.90 Å². The zero-order valence-corrected chi connectivity index (χ0v) is 30.0. The Balaban J connectivity index is 1.34. The van der Waals surface area contributed by atoms with Crippen LogP contribution in [0.5, 0.6) is 5.75 Å². The summed E-state index contributed by atoms with van der Waals surface area (Å²) in [5, 5.41) is 9.11. The Morgan fingerprint density at radius 1 is 0.776 bits per heavy atom. The Kier molecular flexibility index (Phi) is 11.6. The average molecular weight is 784 g/mol. The van der Waals surface area contributed by atoms with Crippen molar-refractivity contribution in [1.82, 2.24) is 10.9 Å². The Hall–Kier alpha value is -4.28. The minimum absolute atomic E-state index is 0.0675. The second-order valence-corrected chi connectivity index (χ2v) is 13.7. The molecule has 1 aliphatic heterocycles. The Morgan fingerprint density at radius 3 is 2.04 bits per heavy atom. The number of nitrogens with one attached hydrogen (secondary N) is 2. The first-order valence-corrected chi connectivity index (χ1v) is 17.8. The molecule has 0 fully saturated rings. The third kappa shape index (κ3) is 8.66. The number of halogens is 2. The molecule has 0 aromatic heterocycles. The number of hydrazine groups is 1. The van der Waals surface area contributed by atoms with Gasteiger partial charge in [0.15, 0.2) is 11.6 Å². The predicted molar refractivity (Wildman–Crippen MR) is 200 cm³/mol. The van der Waals surface area contributed by atoms with Crippen LogP contribution in [0, 0.1) is 0 Å². The molecule has 1 aliphatic rings. The molecular formula is C40H37Br2N3O4. The number of nitrogens with zero attached hydrogens (tertiary/aromatic N) is 1. The zero-order valence-electron chi connectivity index (χ0n) is 26.8. The van der Waals surface area contributed by atoms with E-state index in [9.17, 15) is 4.79 Å². The first-order valence-electron chi connectivity index (χ1n) is 16.2. The standard InChI is InChI=1S/C40H37Br2N3O4/c41-34-17-7-28(8-18-34)23-24-43-45-39(47)40(27-29-9-19-35(42)20-10-29)37(32-13-11-31(12-14-32)30-5-2-1-3-6-30)49-38(44-40)33-15-21-36(22-16-33)48-26-4-25-46/h1-3,5-22,37,43,46H,4,23-27H2,(H,45,47)/t37-,40-/m0/s1. The van der Waals surface area contributed by atoms with E-state index in [0.717, 1.165) is 48.7 Å². The highest BCUT2D eigenvalue weighted by Crippen LogP contribution is 2.43. The molecular weight excluding hydrogens is 746 g/mol. The first-order chi connectivity index (χ1) is 23.9. The Bertz CT molecular complexity index is 1850. The van der Waals surface area contributed by atoms with Gasteiger partial charge in [-0.2, -0.15) is 0 Å². The molecule has 7 nitrogen and oxygen atoms in total. The van der Waals surface area contributed by atoms with Crippen LogP contribution in [0.1, 0.15) is 34.8 Å². The van der Waals surface area contributed by atoms with E-state index in [-0.39, 0.29) is 12.5 Å². The van der Waals surface area contributed by atoms with Crippen LogP contribution in [-0.4, -0.2) is 42.2 Å². The zero-order chi connectivity index (χ0) is 34.1. The van der Waals surface area contributed by atoms with Crippen LogP contribution in [0.4, 0.5) is 0 Å². The van der Waals surface area contributed by atoms with Crippen molar-refractivity contribution in [2.75, 3.05) is 19.8 Å². The van der Waals surface area contributed by atoms with Gasteiger partial charge in [0, 0.05) is 40.5 Å². The number of ether oxygens (including phenoxy) is 2. The summed E-state index contributed by atoms with van der Waals surface area (Å²) in [6.07, 6.45) is 0.866. The molecule has 250 valence electrons. The number of hydrogen-bond acceptors (Lipinski definition) is 6. The van der Waals surface area contributed by atoms with Gasteiger partial charge >= 0.3 is 0 Å². The van der Waals surface area contributed by atoms with Crippen molar-refractivity contribution in [2.45, 2.75) is 30.9 Å². The number of hydrogen-bond donors (Lipinski definition) is 3. The van der Waals surface area contributed by atoms with E-state index in [4.69, 9.17) is 19.6 Å². The summed E-state index contributed by atoms with van der Waals surface area (Å²) in [4.78, 5) is 19.7. The Labute approximate surface area is 303 Å². The van der Waals surface area contributed by atoms with Gasteiger partial charge in [-0.3, -0.25) is 10.2 Å². The molecule has 0 spiro atoms. The van der Waals surface area contributed by atoms with Crippen LogP contribution in [0.3, 0.4) is 0 Å². The molecule has 0 saturated heterocycles. The maximum Gasteiger partial charge on any atom is 0.266 e. The summed E-state index contributed by atoms with van der Waals surface area (Å²) < 4.78 is 14.4. The molecule has 5 aromatic carbocycles. The lowest BCUT2D eigenvalue weighted by Gasteiger charge is -2.31. The van der Waals surface area contributed by atoms with Gasteiger partial charge in [-0.15, -0.1) is 0 Å². The lowest BCUT2D eigenvalue weighted by molar-refractivity contribution is -0.130. The molecule has 5 aromatic rings. The molecule has 0 saturated carbocycles. The largest absolute Gasteiger partial charge is 0.494 e. The molecule has 6 rings (SSSR count). The first kappa shape index (κ1) is 34.6. The topological polar surface area (TPSA) is 92.2 Å². The fourth-order valence-electron chi connectivity index (χ4n) is 5.79. The fourth-order valence-corrected chi connectivity index (χ4v) is 6.31. The van der Waals surface area contributed by atoms with Crippen molar-refractivity contribution in [3.8, 4) is 16.9 Å². The van der Waals surface area contributed by atoms with Gasteiger partial charge in [0.05, 0.1) is 6.61 Å². The van der Waals surface area contributed by atoms with Gasteiger partial charge < -0.3 is 14.6 Å². The lowest BCUT2D eigenvalue weighted by Crippen LogP contribution is -2.54. The van der Waals surface area contributed by atoms with E-state index in [1.807, 2.05) is 91.0 Å². The monoisotopic (exact) mass is 781 g/mol. The summed E-state index contributed by atoms with van der Waals surface area (Å²) in [5.41, 5.74) is 10.6. The van der Waals surface area contributed by atoms with Gasteiger partial charge in [0.1, 0.15) is 5.75 Å². The molecule has 1 amide bonds. The van der Waals surface area contributed by atoms with Gasteiger partial charge in [0.25, 0.3) is 5.91 Å². The summed E-state index contributed by atoms with van der Waals surface area (Å²) >= 11 is 7.02. The van der Waals surface area contributed by atoms with Crippen LogP contribution in [0.2, 0.25) is 0 Å². The van der Waals surface area contributed by atoms with Crippen LogP contribution < -0.4 is 15.6 Å². The number of carbonyl (C=O) groups excluding carboxylic acids is 1. The van der Waals surface area contributed by atoms with Crippen molar-refractivity contribution >= 4 is 43.7 Å². The number of amides is 1. The molecule has 2 atom stereocenters. The van der Waals surface area contributed by atoms with E-state index < -0.39 is 11.6 Å². The number of aliphatic hydroxyl groups excluding tert-OH is 1. The third-order valence-electron chi connectivity index (χ3n) is 8.39. The van der Waals surface area contributed by atoms with E-state index in [0.29, 0.717) is 37.6 Å². The summed E-state index contributed by atoms with van der Waals surface area (Å²) in [5.74, 6) is 0.765. The fraction of sp³-hybridized carbons (Fsp3) is 0.200. The van der Waals surface area contributed by atoms with E-state index in [1.54, 1.807) is 0 Å². The van der Waals surface area contributed by atoms with Gasteiger partial charge in [-0.1, -0.05) is 111 Å². The van der Waals surface area contributed by atoms with Crippen LogP contribution in [0.15, 0.2) is 141 Å². The molecule has 49 heavy (non-hydrogen) atoms. The lowest BCUT2D eigenvalue weighted by atomic mass is 9.82. The van der Waals surface area contributed by atoms with Crippen LogP contribution in [-0.2, 0) is 22.4 Å². The smallest absolute Gasteiger partial charge is 0.266 e. The molecule has 0 aliphatic carbocycles. The number of aliphatic imine (C=N–C) groups is 1. The summed E-state index contributed by atoms with van der Waals surface area (Å²) in [6, 6.07) is 41.9. The normalized spacial score (nSPS) is 16.9. The molecule has 0 radical (unpaired) electrons. The second-order valence-electron chi connectivity index (χ2n) is 11.8. The number of aliphatic hydroxyl groups is 1. The maximum atomic E-state index is 14.5. The van der Waals surface area contributed by atoms with Crippen molar-refractivity contribution in [3.63, 3.8) is 0 Å². The summed E-state index contributed by atoms with van der Waals surface area (Å²) in [7, 11) is 0. The molecule has 1 heterocycles. The quantitative estimate of drug-likeness (QED) is 0.0785. The van der Waals surface area contributed by atoms with Crippen LogP contribution >= 0.6 is 31.9 Å². The number of rotatable bonds is 14. The second kappa shape index (κ2) is 16.4. The summed E-state index contributed by atoms with van der Waals surface area (Å²) in [6.45, 7) is 1.02. The van der Waals surface area contributed by atoms with Crippen molar-refractivity contribution in [3.05, 3.63) is 159 Å². The van der Waals surface area contributed by atoms with Crippen molar-refractivity contribution < 1.29 is 19.4 Å². The number of benzene rings is 5. The molecule has 0 unspecified atom stereocenters. The van der Waals surface area contributed by atoms with Gasteiger partial charge in [-0.25, -0.2) is 10.4 Å². The third-order valence-corrected chi connectivity index (χ3v) is 9.45. The Morgan fingerprint density at radius 2 is 1.39 bits per heavy atom. The molecule has 0 bridgehead atoms. The maximum absolute atomic E-state index is 14.5. The van der Waals surface area contributed by atoms with E-state index >= 15 is 0 Å². The molecule has 3 N–H and O–H groups in total. The molecule has 9 heteroatoms. The highest BCUT2D eigenvalue weighted by atomic mass is 79.9. The predicted octanol–water partition coefficient (Wildman–Crippen LogP) is 8.00. The van der Waals surface area contributed by atoms with Crippen molar-refractivity contribution in [1.29, 1.82) is 0 Å². The van der Waals surface area contributed by atoms with E-state index in [1.165, 1.54) is 0 Å². The highest BCUT2D eigenvalue weighted by molar-refractivity contribution is 9.10. The van der Waals surface area contributed by atoms with Crippen molar-refractivity contribution in [2.24, 2.45) is 4.99 Å². The highest BCUT2D eigenvalue weighted by Gasteiger charge is 2.53. The SMILES string of the molecule is O=C(NNCCc1ccc(Br)cc1)[C@@]1(Cc2ccc(Br)cc2)N=C(c2ccc(OCCCO)cc2)O[C@H]1c1ccc(-c2ccccc2)cc1. The minimum atomic E-state index is -1.33. The average Bonchev–Trinajstić information content (AvgIpc) is 3.53. The van der Waals surface area contributed by atoms with Crippen LogP contribution in [0.25, 0.3) is 11.1 Å². The van der Waals surface area contributed by atoms with Gasteiger partial charge in [-0.05, 0) is 82.8 Å². The number of carbonyl (C=O) groups is 1.